The zero-order valence-electron chi connectivity index (χ0n) is 11.4. The van der Waals surface area contributed by atoms with Crippen LogP contribution in [0.5, 0.6) is 11.5 Å². The van der Waals surface area contributed by atoms with Crippen molar-refractivity contribution in [1.82, 2.24) is 14.8 Å². The number of nitrogens with two attached hydrogens (primary N) is 1. The highest BCUT2D eigenvalue weighted by Crippen LogP contribution is 2.32. The Hall–Kier alpha value is -2.77. The molecule has 0 atom stereocenters. The summed E-state index contributed by atoms with van der Waals surface area (Å²) < 4.78 is 11.7. The number of aryl methyl sites for hydroxylation is 1. The highest BCUT2D eigenvalue weighted by Gasteiger charge is 2.16. The molecule has 106 valence electrons. The number of nitrogens with zero attached hydrogens (tertiary/aromatic N) is 3. The van der Waals surface area contributed by atoms with Crippen LogP contribution in [0.15, 0.2) is 18.5 Å². The zero-order valence-corrected chi connectivity index (χ0v) is 11.4. The van der Waals surface area contributed by atoms with Gasteiger partial charge in [0.1, 0.15) is 6.33 Å². The Bertz CT molecular complexity index is 638. The molecular weight excluding hydrogens is 262 g/mol. The van der Waals surface area contributed by atoms with E-state index in [0.29, 0.717) is 17.4 Å². The number of aromatic nitrogens is 3. The van der Waals surface area contributed by atoms with Crippen molar-refractivity contribution >= 4 is 17.5 Å². The van der Waals surface area contributed by atoms with Gasteiger partial charge < -0.3 is 15.2 Å². The number of hydrogen-bond donors (Lipinski definition) is 2. The summed E-state index contributed by atoms with van der Waals surface area (Å²) in [6.45, 7) is 0. The van der Waals surface area contributed by atoms with Crippen molar-refractivity contribution in [3.05, 3.63) is 24.0 Å². The number of rotatable bonds is 4. The number of carbonyl (C=O) groups is 1. The number of ether oxygens (including phenoxy) is 2. The maximum absolute atomic E-state index is 12.2. The lowest BCUT2D eigenvalue weighted by molar-refractivity contribution is 0.102. The quantitative estimate of drug-likeness (QED) is 0.796. The second-order valence-corrected chi connectivity index (χ2v) is 3.96. The number of benzene rings is 1. The standard InChI is InChI=1S/C12H15N5O3/c1-17-12(14-6-15-17)16-11(18)7-4-9(19-2)10(20-3)5-8(7)13/h4-6H,13H2,1-3H3,(H,14,15,16,18). The van der Waals surface area contributed by atoms with Crippen molar-refractivity contribution < 1.29 is 14.3 Å². The van der Waals surface area contributed by atoms with E-state index in [9.17, 15) is 4.79 Å². The van der Waals surface area contributed by atoms with Crippen LogP contribution in [-0.2, 0) is 7.05 Å². The molecule has 0 bridgehead atoms. The van der Waals surface area contributed by atoms with E-state index >= 15 is 0 Å². The van der Waals surface area contributed by atoms with Crippen molar-refractivity contribution in [2.45, 2.75) is 0 Å². The van der Waals surface area contributed by atoms with E-state index < -0.39 is 5.91 Å². The van der Waals surface area contributed by atoms with Gasteiger partial charge in [0.05, 0.1) is 19.8 Å². The summed E-state index contributed by atoms with van der Waals surface area (Å²) >= 11 is 0. The Morgan fingerprint density at radius 2 is 1.95 bits per heavy atom. The third-order valence-electron chi connectivity index (χ3n) is 2.74. The summed E-state index contributed by atoms with van der Waals surface area (Å²) in [5.74, 6) is 0.800. The molecule has 2 rings (SSSR count). The van der Waals surface area contributed by atoms with E-state index in [-0.39, 0.29) is 11.3 Å². The lowest BCUT2D eigenvalue weighted by Gasteiger charge is -2.12. The molecule has 0 saturated heterocycles. The minimum Gasteiger partial charge on any atom is -0.493 e. The summed E-state index contributed by atoms with van der Waals surface area (Å²) in [5, 5.41) is 6.47. The SMILES string of the molecule is COc1cc(N)c(C(=O)Nc2ncnn2C)cc1OC. The molecule has 3 N–H and O–H groups in total. The van der Waals surface area contributed by atoms with Crippen LogP contribution in [-0.4, -0.2) is 34.9 Å². The van der Waals surface area contributed by atoms with E-state index in [4.69, 9.17) is 15.2 Å². The van der Waals surface area contributed by atoms with Gasteiger partial charge in [-0.2, -0.15) is 10.1 Å². The topological polar surface area (TPSA) is 104 Å². The number of nitrogens with one attached hydrogen (secondary N) is 1. The molecule has 1 aromatic carbocycles. The van der Waals surface area contributed by atoms with Gasteiger partial charge in [-0.3, -0.25) is 10.1 Å². The first-order valence-corrected chi connectivity index (χ1v) is 5.73. The molecule has 0 radical (unpaired) electrons. The van der Waals surface area contributed by atoms with Crippen LogP contribution in [0, 0.1) is 0 Å². The smallest absolute Gasteiger partial charge is 0.260 e. The summed E-state index contributed by atoms with van der Waals surface area (Å²) in [6, 6.07) is 3.05. The lowest BCUT2D eigenvalue weighted by atomic mass is 10.1. The first-order valence-electron chi connectivity index (χ1n) is 5.73. The monoisotopic (exact) mass is 277 g/mol. The van der Waals surface area contributed by atoms with Crippen molar-refractivity contribution in [2.24, 2.45) is 7.05 Å². The second kappa shape index (κ2) is 5.47. The predicted octanol–water partition coefficient (Wildman–Crippen LogP) is 0.667. The van der Waals surface area contributed by atoms with Crippen molar-refractivity contribution in [1.29, 1.82) is 0 Å². The molecule has 8 nitrogen and oxygen atoms in total. The second-order valence-electron chi connectivity index (χ2n) is 3.96. The number of anilines is 2. The normalized spacial score (nSPS) is 10.2. The largest absolute Gasteiger partial charge is 0.493 e. The third-order valence-corrected chi connectivity index (χ3v) is 2.74. The Balaban J connectivity index is 2.32. The number of methoxy groups -OCH3 is 2. The fourth-order valence-electron chi connectivity index (χ4n) is 1.67. The van der Waals surface area contributed by atoms with Crippen LogP contribution in [0.1, 0.15) is 10.4 Å². The highest BCUT2D eigenvalue weighted by molar-refractivity contribution is 6.07. The Morgan fingerprint density at radius 3 is 2.50 bits per heavy atom. The van der Waals surface area contributed by atoms with Gasteiger partial charge >= 0.3 is 0 Å². The van der Waals surface area contributed by atoms with Gasteiger partial charge in [0.15, 0.2) is 11.5 Å². The average Bonchev–Trinajstić information content (AvgIpc) is 2.83. The molecule has 20 heavy (non-hydrogen) atoms. The fraction of sp³-hybridized carbons (Fsp3) is 0.250. The number of amides is 1. The Morgan fingerprint density at radius 1 is 1.30 bits per heavy atom. The minimum absolute atomic E-state index is 0.269. The van der Waals surface area contributed by atoms with Crippen LogP contribution in [0.25, 0.3) is 0 Å². The van der Waals surface area contributed by atoms with Crippen LogP contribution in [0.3, 0.4) is 0 Å². The molecule has 0 aliphatic heterocycles. The molecule has 0 aliphatic carbocycles. The molecule has 8 heteroatoms. The van der Waals surface area contributed by atoms with Gasteiger partial charge in [-0.15, -0.1) is 0 Å². The van der Waals surface area contributed by atoms with Crippen LogP contribution < -0.4 is 20.5 Å². The molecule has 1 aromatic heterocycles. The molecule has 0 saturated carbocycles. The van der Waals surface area contributed by atoms with Gasteiger partial charge in [-0.1, -0.05) is 0 Å². The van der Waals surface area contributed by atoms with E-state index in [1.54, 1.807) is 7.05 Å². The maximum Gasteiger partial charge on any atom is 0.260 e. The fourth-order valence-corrected chi connectivity index (χ4v) is 1.67. The molecule has 0 unspecified atom stereocenters. The molecule has 1 heterocycles. The molecule has 0 spiro atoms. The average molecular weight is 277 g/mol. The first kappa shape index (κ1) is 13.7. The Kier molecular flexibility index (Phi) is 3.74. The van der Waals surface area contributed by atoms with Crippen LogP contribution >= 0.6 is 0 Å². The van der Waals surface area contributed by atoms with Gasteiger partial charge in [0.2, 0.25) is 5.95 Å². The first-order chi connectivity index (χ1) is 9.56. The molecule has 2 aromatic rings. The Labute approximate surface area is 115 Å². The van der Waals surface area contributed by atoms with Gasteiger partial charge in [0, 0.05) is 18.8 Å². The summed E-state index contributed by atoms with van der Waals surface area (Å²) in [7, 11) is 4.65. The van der Waals surface area contributed by atoms with Gasteiger partial charge in [-0.25, -0.2) is 4.68 Å². The van der Waals surface area contributed by atoms with Crippen LogP contribution in [0.4, 0.5) is 11.6 Å². The highest BCUT2D eigenvalue weighted by atomic mass is 16.5. The summed E-state index contributed by atoms with van der Waals surface area (Å²) in [5.41, 5.74) is 6.40. The van der Waals surface area contributed by atoms with E-state index in [2.05, 4.69) is 15.4 Å². The van der Waals surface area contributed by atoms with E-state index in [1.165, 1.54) is 37.4 Å². The van der Waals surface area contributed by atoms with Crippen molar-refractivity contribution in [3.63, 3.8) is 0 Å². The molecule has 0 fully saturated rings. The van der Waals surface area contributed by atoms with Gasteiger partial charge in [-0.05, 0) is 6.07 Å². The molecule has 1 amide bonds. The summed E-state index contributed by atoms with van der Waals surface area (Å²) in [4.78, 5) is 16.1. The van der Waals surface area contributed by atoms with Crippen LogP contribution in [0.2, 0.25) is 0 Å². The van der Waals surface area contributed by atoms with Gasteiger partial charge in [0.25, 0.3) is 5.91 Å². The van der Waals surface area contributed by atoms with E-state index in [0.717, 1.165) is 0 Å². The van der Waals surface area contributed by atoms with Crippen molar-refractivity contribution in [2.75, 3.05) is 25.3 Å². The molecular formula is C12H15N5O3. The molecule has 0 aliphatic rings. The predicted molar refractivity (Wildman–Crippen MR) is 72.9 cm³/mol. The minimum atomic E-state index is -0.403. The van der Waals surface area contributed by atoms with E-state index in [1.807, 2.05) is 0 Å². The van der Waals surface area contributed by atoms with Crippen molar-refractivity contribution in [3.8, 4) is 11.5 Å². The number of hydrogen-bond acceptors (Lipinski definition) is 6. The number of nitrogen functional groups attached to an aromatic ring is 1. The number of carbonyl (C=O) groups excluding carboxylic acids is 1. The summed E-state index contributed by atoms with van der Waals surface area (Å²) in [6.07, 6.45) is 1.34. The lowest BCUT2D eigenvalue weighted by Crippen LogP contribution is -2.17. The maximum atomic E-state index is 12.2. The zero-order chi connectivity index (χ0) is 14.7. The third kappa shape index (κ3) is 2.48.